The first kappa shape index (κ1) is 13.9. The quantitative estimate of drug-likeness (QED) is 0.863. The van der Waals surface area contributed by atoms with Gasteiger partial charge >= 0.3 is 5.97 Å². The predicted octanol–water partition coefficient (Wildman–Crippen LogP) is 1.78. The average Bonchev–Trinajstić information content (AvgIpc) is 2.80. The van der Waals surface area contributed by atoms with Crippen LogP contribution in [0.5, 0.6) is 5.75 Å². The highest BCUT2D eigenvalue weighted by Crippen LogP contribution is 2.27. The van der Waals surface area contributed by atoms with Crippen LogP contribution in [0.1, 0.15) is 17.4 Å². The molecule has 1 aromatic heterocycles. The number of imidazole rings is 1. The fraction of sp³-hybridized carbons (Fsp3) is 0.231. The van der Waals surface area contributed by atoms with Gasteiger partial charge in [-0.3, -0.25) is 4.57 Å². The molecule has 0 spiro atoms. The van der Waals surface area contributed by atoms with Crippen LogP contribution >= 0.6 is 0 Å². The summed E-state index contributed by atoms with van der Waals surface area (Å²) in [4.78, 5) is 15.6. The highest BCUT2D eigenvalue weighted by Gasteiger charge is 2.19. The van der Waals surface area contributed by atoms with Gasteiger partial charge in [0.1, 0.15) is 23.7 Å². The molecule has 0 radical (unpaired) electrons. The van der Waals surface area contributed by atoms with Gasteiger partial charge in [0.25, 0.3) is 0 Å². The van der Waals surface area contributed by atoms with Gasteiger partial charge in [0.05, 0.1) is 19.4 Å². The van der Waals surface area contributed by atoms with Gasteiger partial charge in [-0.15, -0.1) is 0 Å². The summed E-state index contributed by atoms with van der Waals surface area (Å²) in [5, 5.41) is 0. The maximum atomic E-state index is 13.2. The molecule has 0 bridgehead atoms. The largest absolute Gasteiger partial charge is 0.494 e. The molecule has 6 nitrogen and oxygen atoms in total. The lowest BCUT2D eigenvalue weighted by Crippen LogP contribution is -2.09. The van der Waals surface area contributed by atoms with Crippen LogP contribution in [0, 0.1) is 5.82 Å². The number of anilines is 1. The van der Waals surface area contributed by atoms with Gasteiger partial charge in [0.15, 0.2) is 5.69 Å². The highest BCUT2D eigenvalue weighted by atomic mass is 19.1. The lowest BCUT2D eigenvalue weighted by molar-refractivity contribution is 0.0521. The van der Waals surface area contributed by atoms with Gasteiger partial charge < -0.3 is 15.2 Å². The summed E-state index contributed by atoms with van der Waals surface area (Å²) < 4.78 is 24.5. The minimum atomic E-state index is -0.607. The second-order valence-electron chi connectivity index (χ2n) is 3.89. The zero-order valence-electron chi connectivity index (χ0n) is 11.1. The Morgan fingerprint density at radius 2 is 2.25 bits per heavy atom. The van der Waals surface area contributed by atoms with Crippen LogP contribution < -0.4 is 10.5 Å². The summed E-state index contributed by atoms with van der Waals surface area (Å²) in [6.45, 7) is 1.92. The molecule has 1 aromatic carbocycles. The van der Waals surface area contributed by atoms with Gasteiger partial charge in [-0.1, -0.05) is 0 Å². The molecule has 1 heterocycles. The molecular weight excluding hydrogens is 265 g/mol. The molecule has 2 N–H and O–H groups in total. The van der Waals surface area contributed by atoms with E-state index in [4.69, 9.17) is 15.2 Å². The van der Waals surface area contributed by atoms with Crippen LogP contribution in [0.3, 0.4) is 0 Å². The van der Waals surface area contributed by atoms with E-state index in [9.17, 15) is 9.18 Å². The lowest BCUT2D eigenvalue weighted by atomic mass is 10.2. The standard InChI is InChI=1S/C13H14FN3O3/c1-3-20-13(18)11-12(15)17(7-16-11)9-5-4-8(14)6-10(9)19-2/h4-7H,3,15H2,1-2H3. The van der Waals surface area contributed by atoms with Gasteiger partial charge in [0.2, 0.25) is 0 Å². The number of ether oxygens (including phenoxy) is 2. The van der Waals surface area contributed by atoms with E-state index in [2.05, 4.69) is 4.98 Å². The molecule has 0 aliphatic carbocycles. The fourth-order valence-electron chi connectivity index (χ4n) is 1.76. The van der Waals surface area contributed by atoms with Crippen molar-refractivity contribution in [2.75, 3.05) is 19.5 Å². The summed E-state index contributed by atoms with van der Waals surface area (Å²) in [6.07, 6.45) is 1.36. The van der Waals surface area contributed by atoms with Crippen molar-refractivity contribution in [3.63, 3.8) is 0 Å². The van der Waals surface area contributed by atoms with Crippen molar-refractivity contribution < 1.29 is 18.7 Å². The van der Waals surface area contributed by atoms with Crippen LogP contribution in [-0.4, -0.2) is 29.2 Å². The molecule has 2 aromatic rings. The van der Waals surface area contributed by atoms with E-state index in [1.807, 2.05) is 0 Å². The van der Waals surface area contributed by atoms with Gasteiger partial charge in [0, 0.05) is 6.07 Å². The molecular formula is C13H14FN3O3. The number of benzene rings is 1. The smallest absolute Gasteiger partial charge is 0.360 e. The number of methoxy groups -OCH3 is 1. The minimum Gasteiger partial charge on any atom is -0.494 e. The van der Waals surface area contributed by atoms with Crippen molar-refractivity contribution in [3.05, 3.63) is 36.0 Å². The zero-order chi connectivity index (χ0) is 14.7. The van der Waals surface area contributed by atoms with Crippen LogP contribution in [0.15, 0.2) is 24.5 Å². The van der Waals surface area contributed by atoms with E-state index in [0.29, 0.717) is 5.69 Å². The third-order valence-corrected chi connectivity index (χ3v) is 2.67. The molecule has 0 atom stereocenters. The molecule has 0 aliphatic rings. The molecule has 7 heteroatoms. The number of carbonyl (C=O) groups excluding carboxylic acids is 1. The molecule has 0 fully saturated rings. The first-order valence-electron chi connectivity index (χ1n) is 5.92. The molecule has 0 saturated heterocycles. The molecule has 0 saturated carbocycles. The normalized spacial score (nSPS) is 10.3. The van der Waals surface area contributed by atoms with Crippen LogP contribution in [0.25, 0.3) is 5.69 Å². The Morgan fingerprint density at radius 1 is 1.50 bits per heavy atom. The number of esters is 1. The van der Waals surface area contributed by atoms with Crippen molar-refractivity contribution in [1.82, 2.24) is 9.55 Å². The maximum Gasteiger partial charge on any atom is 0.360 e. The Kier molecular flexibility index (Phi) is 3.88. The number of nitrogen functional groups attached to an aromatic ring is 1. The number of rotatable bonds is 4. The van der Waals surface area contributed by atoms with Crippen molar-refractivity contribution in [2.24, 2.45) is 0 Å². The number of nitrogens with two attached hydrogens (primary N) is 1. The van der Waals surface area contributed by atoms with Crippen LogP contribution in [0.4, 0.5) is 10.2 Å². The van der Waals surface area contributed by atoms with Gasteiger partial charge in [-0.2, -0.15) is 0 Å². The average molecular weight is 279 g/mol. The zero-order valence-corrected chi connectivity index (χ0v) is 11.1. The van der Waals surface area contributed by atoms with E-state index >= 15 is 0 Å². The maximum absolute atomic E-state index is 13.2. The third kappa shape index (κ3) is 2.42. The highest BCUT2D eigenvalue weighted by molar-refractivity contribution is 5.92. The fourth-order valence-corrected chi connectivity index (χ4v) is 1.76. The van der Waals surface area contributed by atoms with E-state index in [-0.39, 0.29) is 23.9 Å². The summed E-state index contributed by atoms with van der Waals surface area (Å²) >= 11 is 0. The number of hydrogen-bond donors (Lipinski definition) is 1. The molecule has 20 heavy (non-hydrogen) atoms. The van der Waals surface area contributed by atoms with Crippen molar-refractivity contribution in [2.45, 2.75) is 6.92 Å². The van der Waals surface area contributed by atoms with Gasteiger partial charge in [-0.25, -0.2) is 14.2 Å². The summed E-state index contributed by atoms with van der Waals surface area (Å²) in [5.74, 6) is -0.655. The first-order valence-corrected chi connectivity index (χ1v) is 5.92. The third-order valence-electron chi connectivity index (χ3n) is 2.67. The summed E-state index contributed by atoms with van der Waals surface area (Å²) in [7, 11) is 1.41. The molecule has 106 valence electrons. The van der Waals surface area contributed by atoms with E-state index < -0.39 is 11.8 Å². The number of aromatic nitrogens is 2. The number of carbonyl (C=O) groups is 1. The minimum absolute atomic E-state index is 0.0122. The van der Waals surface area contributed by atoms with Crippen LogP contribution in [0.2, 0.25) is 0 Å². The van der Waals surface area contributed by atoms with Crippen molar-refractivity contribution in [3.8, 4) is 11.4 Å². The van der Waals surface area contributed by atoms with Crippen LogP contribution in [-0.2, 0) is 4.74 Å². The Balaban J connectivity index is 2.47. The topological polar surface area (TPSA) is 79.4 Å². The predicted molar refractivity (Wildman–Crippen MR) is 70.4 cm³/mol. The number of halogens is 1. The molecule has 0 unspecified atom stereocenters. The monoisotopic (exact) mass is 279 g/mol. The van der Waals surface area contributed by atoms with E-state index in [1.165, 1.54) is 36.2 Å². The number of hydrogen-bond acceptors (Lipinski definition) is 5. The Hall–Kier alpha value is -2.57. The SMILES string of the molecule is CCOC(=O)c1ncn(-c2ccc(F)cc2OC)c1N. The second kappa shape index (κ2) is 5.60. The second-order valence-corrected chi connectivity index (χ2v) is 3.89. The Bertz CT molecular complexity index is 640. The summed E-state index contributed by atoms with van der Waals surface area (Å²) in [5.41, 5.74) is 6.37. The Labute approximate surface area is 114 Å². The van der Waals surface area contributed by atoms with E-state index in [1.54, 1.807) is 6.92 Å². The summed E-state index contributed by atoms with van der Waals surface area (Å²) in [6, 6.07) is 3.97. The van der Waals surface area contributed by atoms with Crippen molar-refractivity contribution >= 4 is 11.8 Å². The first-order chi connectivity index (χ1) is 9.58. The van der Waals surface area contributed by atoms with E-state index in [0.717, 1.165) is 0 Å². The van der Waals surface area contributed by atoms with Crippen molar-refractivity contribution in [1.29, 1.82) is 0 Å². The molecule has 0 aliphatic heterocycles. The lowest BCUT2D eigenvalue weighted by Gasteiger charge is -2.10. The molecule has 2 rings (SSSR count). The van der Waals surface area contributed by atoms with Gasteiger partial charge in [-0.05, 0) is 19.1 Å². The Morgan fingerprint density at radius 3 is 2.90 bits per heavy atom. The molecule has 0 amide bonds. The number of nitrogens with zero attached hydrogens (tertiary/aromatic N) is 2.